The van der Waals surface area contributed by atoms with E-state index in [0.29, 0.717) is 0 Å². The van der Waals surface area contributed by atoms with Crippen molar-refractivity contribution < 1.29 is 4.42 Å². The Hall–Kier alpha value is -7.74. The molecule has 1 aromatic heterocycles. The van der Waals surface area contributed by atoms with Crippen LogP contribution in [0.2, 0.25) is 0 Å². The van der Waals surface area contributed by atoms with Crippen LogP contribution >= 0.6 is 0 Å². The van der Waals surface area contributed by atoms with Crippen LogP contribution in [0.1, 0.15) is 39.7 Å². The molecule has 2 unspecified atom stereocenters. The maximum Gasteiger partial charge on any atom is 0.135 e. The molecule has 0 saturated carbocycles. The monoisotopic (exact) mass is 774 g/mol. The Morgan fingerprint density at radius 3 is 1.43 bits per heavy atom. The first-order valence-electron chi connectivity index (χ1n) is 21.3. The largest absolute Gasteiger partial charge is 0.456 e. The van der Waals surface area contributed by atoms with Crippen LogP contribution in [0.25, 0.3) is 93.6 Å². The SMILES string of the molecule is C1=C(c2cccc(-c3c4ccccc4c(-c4cccc(-c5ccc6oc7ccccc7c6c5)c4)c4ccccc34)c2)c2ccccc2C2c3ccccc3-c3ccccc3C12. The molecule has 0 fully saturated rings. The summed E-state index contributed by atoms with van der Waals surface area (Å²) in [6.45, 7) is 0. The van der Waals surface area contributed by atoms with Gasteiger partial charge in [0.2, 0.25) is 0 Å². The molecule has 0 aliphatic heterocycles. The van der Waals surface area contributed by atoms with Crippen molar-refractivity contribution in [3.05, 3.63) is 246 Å². The molecular weight excluding hydrogens is 737 g/mol. The van der Waals surface area contributed by atoms with Gasteiger partial charge in [-0.1, -0.05) is 188 Å². The highest BCUT2D eigenvalue weighted by Crippen LogP contribution is 2.55. The van der Waals surface area contributed by atoms with E-state index in [4.69, 9.17) is 4.42 Å². The molecule has 0 N–H and O–H groups in total. The average Bonchev–Trinajstić information content (AvgIpc) is 3.71. The topological polar surface area (TPSA) is 13.1 Å². The number of hydrogen-bond acceptors (Lipinski definition) is 1. The molecule has 1 heterocycles. The van der Waals surface area contributed by atoms with Gasteiger partial charge >= 0.3 is 0 Å². The van der Waals surface area contributed by atoms with Crippen molar-refractivity contribution in [2.75, 3.05) is 0 Å². The second-order valence-electron chi connectivity index (χ2n) is 16.7. The van der Waals surface area contributed by atoms with E-state index >= 15 is 0 Å². The van der Waals surface area contributed by atoms with Crippen LogP contribution < -0.4 is 0 Å². The van der Waals surface area contributed by atoms with Gasteiger partial charge in [0.15, 0.2) is 0 Å². The summed E-state index contributed by atoms with van der Waals surface area (Å²) in [6.07, 6.45) is 2.57. The fourth-order valence-corrected chi connectivity index (χ4v) is 10.9. The Bertz CT molecular complexity index is 3560. The van der Waals surface area contributed by atoms with Gasteiger partial charge in [-0.05, 0) is 130 Å². The van der Waals surface area contributed by atoms with E-state index in [9.17, 15) is 0 Å². The molecule has 0 bridgehead atoms. The van der Waals surface area contributed by atoms with Gasteiger partial charge in [-0.3, -0.25) is 0 Å². The summed E-state index contributed by atoms with van der Waals surface area (Å²) in [4.78, 5) is 0. The predicted molar refractivity (Wildman–Crippen MR) is 255 cm³/mol. The van der Waals surface area contributed by atoms with Gasteiger partial charge in [-0.15, -0.1) is 0 Å². The molecule has 2 aliphatic carbocycles. The van der Waals surface area contributed by atoms with Gasteiger partial charge in [-0.2, -0.15) is 0 Å². The van der Waals surface area contributed by atoms with Crippen LogP contribution in [0, 0.1) is 0 Å². The molecule has 0 amide bonds. The molecule has 284 valence electrons. The van der Waals surface area contributed by atoms with Crippen LogP contribution in [-0.4, -0.2) is 0 Å². The van der Waals surface area contributed by atoms with E-state index in [1.807, 2.05) is 12.1 Å². The molecule has 0 spiro atoms. The smallest absolute Gasteiger partial charge is 0.135 e. The fraction of sp³-hybridized carbons (Fsp3) is 0.0333. The second kappa shape index (κ2) is 13.4. The van der Waals surface area contributed by atoms with Gasteiger partial charge in [0.1, 0.15) is 11.2 Å². The maximum absolute atomic E-state index is 6.18. The molecule has 61 heavy (non-hydrogen) atoms. The average molecular weight is 775 g/mol. The van der Waals surface area contributed by atoms with Crippen LogP contribution in [-0.2, 0) is 0 Å². The third-order valence-corrected chi connectivity index (χ3v) is 13.5. The van der Waals surface area contributed by atoms with Crippen molar-refractivity contribution in [1.82, 2.24) is 0 Å². The first-order chi connectivity index (χ1) is 30.3. The van der Waals surface area contributed by atoms with Crippen LogP contribution in [0.3, 0.4) is 0 Å². The van der Waals surface area contributed by atoms with Gasteiger partial charge < -0.3 is 4.42 Å². The van der Waals surface area contributed by atoms with Crippen LogP contribution in [0.4, 0.5) is 0 Å². The summed E-state index contributed by atoms with van der Waals surface area (Å²) in [6, 6.07) is 78.4. The molecule has 0 radical (unpaired) electrons. The molecule has 0 saturated heterocycles. The predicted octanol–water partition coefficient (Wildman–Crippen LogP) is 16.2. The number of furan rings is 1. The highest BCUT2D eigenvalue weighted by atomic mass is 16.3. The van der Waals surface area contributed by atoms with Crippen molar-refractivity contribution in [3.8, 4) is 44.5 Å². The third kappa shape index (κ3) is 5.20. The van der Waals surface area contributed by atoms with E-state index in [0.717, 1.165) is 21.9 Å². The number of benzene rings is 10. The van der Waals surface area contributed by atoms with Crippen molar-refractivity contribution >= 4 is 49.1 Å². The maximum atomic E-state index is 6.18. The van der Waals surface area contributed by atoms with Crippen molar-refractivity contribution in [2.45, 2.75) is 11.8 Å². The molecule has 2 aliphatic rings. The van der Waals surface area contributed by atoms with Gasteiger partial charge in [0, 0.05) is 22.6 Å². The lowest BCUT2D eigenvalue weighted by molar-refractivity contribution is 0.669. The molecule has 13 rings (SSSR count). The Balaban J connectivity index is 0.975. The number of para-hydroxylation sites is 1. The number of hydrogen-bond donors (Lipinski definition) is 0. The lowest BCUT2D eigenvalue weighted by Gasteiger charge is -2.39. The highest BCUT2D eigenvalue weighted by molar-refractivity contribution is 6.21. The zero-order chi connectivity index (χ0) is 40.0. The Morgan fingerprint density at radius 2 is 0.754 bits per heavy atom. The van der Waals surface area contributed by atoms with Crippen LogP contribution in [0.15, 0.2) is 223 Å². The number of rotatable bonds is 4. The summed E-state index contributed by atoms with van der Waals surface area (Å²) >= 11 is 0. The Kier molecular flexibility index (Phi) is 7.50. The molecule has 1 nitrogen and oxygen atoms in total. The number of allylic oxidation sites excluding steroid dienone is 1. The minimum Gasteiger partial charge on any atom is -0.456 e. The summed E-state index contributed by atoms with van der Waals surface area (Å²) < 4.78 is 6.18. The molecule has 10 aromatic carbocycles. The first-order valence-corrected chi connectivity index (χ1v) is 21.3. The molecule has 1 heteroatoms. The van der Waals surface area contributed by atoms with E-state index < -0.39 is 0 Å². The Morgan fingerprint density at radius 1 is 0.295 bits per heavy atom. The molecular formula is C60H38O. The van der Waals surface area contributed by atoms with Gasteiger partial charge in [-0.25, -0.2) is 0 Å². The second-order valence-corrected chi connectivity index (χ2v) is 16.7. The van der Waals surface area contributed by atoms with Gasteiger partial charge in [0.25, 0.3) is 0 Å². The fourth-order valence-electron chi connectivity index (χ4n) is 10.9. The summed E-state index contributed by atoms with van der Waals surface area (Å²) in [7, 11) is 0. The normalized spacial score (nSPS) is 15.3. The van der Waals surface area contributed by atoms with Crippen molar-refractivity contribution in [3.63, 3.8) is 0 Å². The molecule has 11 aromatic rings. The first kappa shape index (κ1) is 34.2. The molecule has 2 atom stereocenters. The zero-order valence-corrected chi connectivity index (χ0v) is 33.3. The minimum atomic E-state index is 0.234. The van der Waals surface area contributed by atoms with E-state index in [1.165, 1.54) is 99.4 Å². The van der Waals surface area contributed by atoms with Crippen LogP contribution in [0.5, 0.6) is 0 Å². The van der Waals surface area contributed by atoms with E-state index in [1.54, 1.807) is 0 Å². The lowest BCUT2D eigenvalue weighted by Crippen LogP contribution is -2.22. The minimum absolute atomic E-state index is 0.234. The third-order valence-electron chi connectivity index (χ3n) is 13.5. The van der Waals surface area contributed by atoms with E-state index in [2.05, 4.69) is 206 Å². The highest BCUT2D eigenvalue weighted by Gasteiger charge is 2.38. The van der Waals surface area contributed by atoms with Crippen molar-refractivity contribution in [1.29, 1.82) is 0 Å². The van der Waals surface area contributed by atoms with Crippen molar-refractivity contribution in [2.24, 2.45) is 0 Å². The lowest BCUT2D eigenvalue weighted by atomic mass is 9.64. The number of fused-ring (bicyclic) bond motifs is 13. The summed E-state index contributed by atoms with van der Waals surface area (Å²) in [5.41, 5.74) is 19.9. The van der Waals surface area contributed by atoms with E-state index in [-0.39, 0.29) is 11.8 Å². The summed E-state index contributed by atoms with van der Waals surface area (Å²) in [5, 5.41) is 7.28. The quantitative estimate of drug-likeness (QED) is 0.162. The summed E-state index contributed by atoms with van der Waals surface area (Å²) in [5.74, 6) is 0.499. The Labute approximate surface area is 354 Å². The standard InChI is InChI=1S/C60H38O/c1-2-21-44-42(19-1)43-20-3-5-24-47(43)60-48-25-6-4-22-45(48)53(36-55(44)60)39-16-14-18-41(34-39)59-51-28-9-7-26-49(51)58(50-27-8-10-29-52(50)59)40-17-13-15-37(33-40)38-31-32-57-54(35-38)46-23-11-12-30-56(46)61-57/h1-36,55,60H. The zero-order valence-electron chi connectivity index (χ0n) is 33.3. The van der Waals surface area contributed by atoms with Gasteiger partial charge in [0.05, 0.1) is 0 Å².